The van der Waals surface area contributed by atoms with Gasteiger partial charge in [-0.25, -0.2) is 0 Å². The van der Waals surface area contributed by atoms with Crippen molar-refractivity contribution in [2.24, 2.45) is 5.73 Å². The number of nitrogens with one attached hydrogen (secondary N) is 1. The third-order valence-corrected chi connectivity index (χ3v) is 1.83. The summed E-state index contributed by atoms with van der Waals surface area (Å²) in [5.41, 5.74) is 7.42. The van der Waals surface area contributed by atoms with Crippen molar-refractivity contribution in [2.45, 2.75) is 13.0 Å². The van der Waals surface area contributed by atoms with Gasteiger partial charge in [-0.2, -0.15) is 0 Å². The van der Waals surface area contributed by atoms with Crippen molar-refractivity contribution < 1.29 is 9.90 Å². The number of carbonyl (C=O) groups is 1. The monoisotopic (exact) mass is 194 g/mol. The number of anilines is 1. The minimum atomic E-state index is -0.799. The highest BCUT2D eigenvalue weighted by molar-refractivity contribution is 5.67. The first-order valence-electron chi connectivity index (χ1n) is 4.47. The zero-order valence-corrected chi connectivity index (χ0v) is 7.86. The first-order valence-corrected chi connectivity index (χ1v) is 4.47. The number of benzene rings is 1. The van der Waals surface area contributed by atoms with Gasteiger partial charge in [0.2, 0.25) is 0 Å². The maximum atomic E-state index is 10.3. The number of hydrogen-bond donors (Lipinski definition) is 3. The molecule has 0 bridgehead atoms. The molecule has 14 heavy (non-hydrogen) atoms. The molecule has 0 saturated carbocycles. The molecule has 0 fully saturated rings. The summed E-state index contributed by atoms with van der Waals surface area (Å²) in [6.45, 7) is 0.928. The molecule has 0 aliphatic rings. The summed E-state index contributed by atoms with van der Waals surface area (Å²) in [5, 5.41) is 11.4. The van der Waals surface area contributed by atoms with E-state index in [9.17, 15) is 4.79 Å². The molecule has 0 spiro atoms. The summed E-state index contributed by atoms with van der Waals surface area (Å²) in [6.07, 6.45) is 0.118. The van der Waals surface area contributed by atoms with Gasteiger partial charge in [0.25, 0.3) is 0 Å². The van der Waals surface area contributed by atoms with Crippen LogP contribution >= 0.6 is 0 Å². The van der Waals surface area contributed by atoms with E-state index in [-0.39, 0.29) is 6.42 Å². The molecule has 0 radical (unpaired) electrons. The Bertz CT molecular complexity index is 313. The first kappa shape index (κ1) is 10.5. The summed E-state index contributed by atoms with van der Waals surface area (Å²) in [6, 6.07) is 7.64. The Hall–Kier alpha value is -1.55. The molecule has 0 atom stereocenters. The van der Waals surface area contributed by atoms with Gasteiger partial charge in [0.1, 0.15) is 0 Å². The van der Waals surface area contributed by atoms with Crippen LogP contribution in [-0.4, -0.2) is 17.6 Å². The van der Waals surface area contributed by atoms with Crippen LogP contribution in [0.15, 0.2) is 24.3 Å². The average molecular weight is 194 g/mol. The number of aliphatic carboxylic acids is 1. The molecule has 4 heteroatoms. The Kier molecular flexibility index (Phi) is 3.94. The number of hydrogen-bond acceptors (Lipinski definition) is 3. The molecular formula is C10H14N2O2. The fraction of sp³-hybridized carbons (Fsp3) is 0.300. The smallest absolute Gasteiger partial charge is 0.305 e. The van der Waals surface area contributed by atoms with Gasteiger partial charge in [-0.05, 0) is 17.7 Å². The van der Waals surface area contributed by atoms with Gasteiger partial charge in [0.05, 0.1) is 6.42 Å². The van der Waals surface area contributed by atoms with Crippen molar-refractivity contribution >= 4 is 11.7 Å². The van der Waals surface area contributed by atoms with Gasteiger partial charge in [-0.3, -0.25) is 4.79 Å². The minimum absolute atomic E-state index is 0.118. The topological polar surface area (TPSA) is 75.3 Å². The highest BCUT2D eigenvalue weighted by atomic mass is 16.4. The van der Waals surface area contributed by atoms with E-state index >= 15 is 0 Å². The van der Waals surface area contributed by atoms with Crippen LogP contribution in [0.25, 0.3) is 0 Å². The largest absolute Gasteiger partial charge is 0.481 e. The van der Waals surface area contributed by atoms with Crippen LogP contribution in [0, 0.1) is 0 Å². The van der Waals surface area contributed by atoms with E-state index in [0.29, 0.717) is 13.1 Å². The van der Waals surface area contributed by atoms with E-state index in [4.69, 9.17) is 10.8 Å². The average Bonchev–Trinajstić information content (AvgIpc) is 2.18. The van der Waals surface area contributed by atoms with Crippen LogP contribution in [0.3, 0.4) is 0 Å². The zero-order chi connectivity index (χ0) is 10.4. The Morgan fingerprint density at radius 1 is 1.50 bits per heavy atom. The maximum Gasteiger partial charge on any atom is 0.305 e. The van der Waals surface area contributed by atoms with Gasteiger partial charge in [-0.1, -0.05) is 12.1 Å². The molecule has 0 saturated heterocycles. The summed E-state index contributed by atoms with van der Waals surface area (Å²) in [5.74, 6) is -0.799. The molecule has 0 unspecified atom stereocenters. The Morgan fingerprint density at radius 3 is 2.93 bits per heavy atom. The summed E-state index contributed by atoms with van der Waals surface area (Å²) < 4.78 is 0. The Labute approximate surface area is 82.7 Å². The fourth-order valence-corrected chi connectivity index (χ4v) is 1.12. The quantitative estimate of drug-likeness (QED) is 0.654. The molecule has 0 aromatic heterocycles. The molecule has 0 aliphatic carbocycles. The van der Waals surface area contributed by atoms with Gasteiger partial charge < -0.3 is 16.2 Å². The van der Waals surface area contributed by atoms with E-state index in [1.807, 2.05) is 24.3 Å². The zero-order valence-electron chi connectivity index (χ0n) is 7.86. The second-order valence-corrected chi connectivity index (χ2v) is 2.98. The van der Waals surface area contributed by atoms with Crippen molar-refractivity contribution in [1.82, 2.24) is 0 Å². The number of carboxylic acid groups (broad SMARTS) is 1. The van der Waals surface area contributed by atoms with Crippen LogP contribution in [0.4, 0.5) is 5.69 Å². The van der Waals surface area contributed by atoms with E-state index in [2.05, 4.69) is 5.32 Å². The van der Waals surface area contributed by atoms with E-state index in [1.54, 1.807) is 0 Å². The molecule has 0 amide bonds. The highest BCUT2D eigenvalue weighted by Crippen LogP contribution is 2.09. The molecule has 4 N–H and O–H groups in total. The van der Waals surface area contributed by atoms with Gasteiger partial charge in [0, 0.05) is 18.8 Å². The molecule has 1 aromatic rings. The third kappa shape index (κ3) is 3.45. The van der Waals surface area contributed by atoms with Crippen LogP contribution in [0.2, 0.25) is 0 Å². The van der Waals surface area contributed by atoms with Crippen molar-refractivity contribution in [3.63, 3.8) is 0 Å². The molecule has 0 heterocycles. The van der Waals surface area contributed by atoms with Crippen LogP contribution in [-0.2, 0) is 11.3 Å². The molecule has 1 aromatic carbocycles. The molecule has 76 valence electrons. The lowest BCUT2D eigenvalue weighted by Crippen LogP contribution is -2.07. The maximum absolute atomic E-state index is 10.3. The molecule has 1 rings (SSSR count). The Balaban J connectivity index is 2.46. The lowest BCUT2D eigenvalue weighted by molar-refractivity contribution is -0.136. The van der Waals surface area contributed by atoms with Crippen molar-refractivity contribution in [1.29, 1.82) is 0 Å². The van der Waals surface area contributed by atoms with E-state index in [0.717, 1.165) is 11.3 Å². The summed E-state index contributed by atoms with van der Waals surface area (Å²) in [7, 11) is 0. The van der Waals surface area contributed by atoms with Crippen LogP contribution in [0.1, 0.15) is 12.0 Å². The van der Waals surface area contributed by atoms with Gasteiger partial charge in [0.15, 0.2) is 0 Å². The SMILES string of the molecule is NCc1cccc(NCCC(=O)O)c1. The third-order valence-electron chi connectivity index (χ3n) is 1.83. The molecular weight excluding hydrogens is 180 g/mol. The van der Waals surface area contributed by atoms with Crippen molar-refractivity contribution in [3.8, 4) is 0 Å². The Morgan fingerprint density at radius 2 is 2.29 bits per heavy atom. The van der Waals surface area contributed by atoms with Crippen LogP contribution in [0.5, 0.6) is 0 Å². The summed E-state index contributed by atoms with van der Waals surface area (Å²) >= 11 is 0. The summed E-state index contributed by atoms with van der Waals surface area (Å²) in [4.78, 5) is 10.3. The van der Waals surface area contributed by atoms with E-state index in [1.165, 1.54) is 0 Å². The number of rotatable bonds is 5. The highest BCUT2D eigenvalue weighted by Gasteiger charge is 1.97. The van der Waals surface area contributed by atoms with Crippen molar-refractivity contribution in [3.05, 3.63) is 29.8 Å². The first-order chi connectivity index (χ1) is 6.72. The standard InChI is InChI=1S/C10H14N2O2/c11-7-8-2-1-3-9(6-8)12-5-4-10(13)14/h1-3,6,12H,4-5,7,11H2,(H,13,14). The lowest BCUT2D eigenvalue weighted by Gasteiger charge is -2.05. The predicted octanol–water partition coefficient (Wildman–Crippen LogP) is 1.03. The van der Waals surface area contributed by atoms with Crippen molar-refractivity contribution in [2.75, 3.05) is 11.9 Å². The molecule has 4 nitrogen and oxygen atoms in total. The second kappa shape index (κ2) is 5.24. The van der Waals surface area contributed by atoms with Gasteiger partial charge in [-0.15, -0.1) is 0 Å². The molecule has 0 aliphatic heterocycles. The fourth-order valence-electron chi connectivity index (χ4n) is 1.12. The second-order valence-electron chi connectivity index (χ2n) is 2.98. The van der Waals surface area contributed by atoms with Gasteiger partial charge >= 0.3 is 5.97 Å². The van der Waals surface area contributed by atoms with Crippen LogP contribution < -0.4 is 11.1 Å². The minimum Gasteiger partial charge on any atom is -0.481 e. The lowest BCUT2D eigenvalue weighted by atomic mass is 10.2. The number of carboxylic acids is 1. The normalized spacial score (nSPS) is 9.79. The number of nitrogens with two attached hydrogens (primary N) is 1. The van der Waals surface area contributed by atoms with E-state index < -0.39 is 5.97 Å². The predicted molar refractivity (Wildman–Crippen MR) is 55.1 cm³/mol.